The van der Waals surface area contributed by atoms with Crippen LogP contribution >= 0.6 is 0 Å². The van der Waals surface area contributed by atoms with Crippen molar-refractivity contribution in [2.24, 2.45) is 0 Å². The molecule has 1 aliphatic carbocycles. The molecule has 2 amide bonds. The second-order valence-corrected chi connectivity index (χ2v) is 5.50. The summed E-state index contributed by atoms with van der Waals surface area (Å²) in [6, 6.07) is 9.91. The van der Waals surface area contributed by atoms with Crippen LogP contribution < -0.4 is 10.6 Å². The van der Waals surface area contributed by atoms with Gasteiger partial charge in [0.15, 0.2) is 0 Å². The lowest BCUT2D eigenvalue weighted by atomic mass is 9.78. The molecule has 0 radical (unpaired) electrons. The van der Waals surface area contributed by atoms with Gasteiger partial charge < -0.3 is 10.6 Å². The number of hydrogen-bond donors (Lipinski definition) is 2. The van der Waals surface area contributed by atoms with E-state index in [0.717, 1.165) is 18.4 Å². The van der Waals surface area contributed by atoms with E-state index in [1.807, 2.05) is 30.3 Å². The lowest BCUT2D eigenvalue weighted by Gasteiger charge is -2.33. The Hall–Kier alpha value is -1.84. The van der Waals surface area contributed by atoms with Crippen molar-refractivity contribution in [2.45, 2.75) is 37.1 Å². The van der Waals surface area contributed by atoms with Gasteiger partial charge in [0.1, 0.15) is 5.41 Å². The first-order valence-electron chi connectivity index (χ1n) is 6.84. The number of amides is 2. The zero-order chi connectivity index (χ0) is 13.3. The van der Waals surface area contributed by atoms with Gasteiger partial charge >= 0.3 is 0 Å². The van der Waals surface area contributed by atoms with Crippen LogP contribution in [0.15, 0.2) is 30.3 Å². The molecule has 4 heteroatoms. The second kappa shape index (κ2) is 4.68. The van der Waals surface area contributed by atoms with Crippen LogP contribution in [0.2, 0.25) is 0 Å². The van der Waals surface area contributed by atoms with Gasteiger partial charge in [0.05, 0.1) is 0 Å². The predicted octanol–water partition coefficient (Wildman–Crippen LogP) is 1.11. The summed E-state index contributed by atoms with van der Waals surface area (Å²) in [6.07, 6.45) is 3.53. The van der Waals surface area contributed by atoms with Crippen LogP contribution in [0.1, 0.15) is 31.2 Å². The average molecular weight is 258 g/mol. The van der Waals surface area contributed by atoms with E-state index in [1.165, 1.54) is 6.42 Å². The van der Waals surface area contributed by atoms with Crippen molar-refractivity contribution in [3.05, 3.63) is 35.9 Å². The van der Waals surface area contributed by atoms with Gasteiger partial charge in [-0.1, -0.05) is 30.3 Å². The normalized spacial score (nSPS) is 26.6. The zero-order valence-corrected chi connectivity index (χ0v) is 10.8. The maximum absolute atomic E-state index is 12.6. The van der Waals surface area contributed by atoms with Crippen LogP contribution in [0.4, 0.5) is 0 Å². The monoisotopic (exact) mass is 258 g/mol. The lowest BCUT2D eigenvalue weighted by molar-refractivity contribution is -0.129. The molecule has 1 saturated carbocycles. The van der Waals surface area contributed by atoms with Crippen LogP contribution in [-0.4, -0.2) is 24.4 Å². The molecule has 1 atom stereocenters. The summed E-state index contributed by atoms with van der Waals surface area (Å²) in [4.78, 5) is 24.2. The first kappa shape index (κ1) is 12.2. The summed E-state index contributed by atoms with van der Waals surface area (Å²) in [6.45, 7) is 0.397. The predicted molar refractivity (Wildman–Crippen MR) is 71.5 cm³/mol. The highest BCUT2D eigenvalue weighted by molar-refractivity contribution is 5.97. The fraction of sp³-hybridized carbons (Fsp3) is 0.467. The molecule has 1 aromatic carbocycles. The molecule has 4 nitrogen and oxygen atoms in total. The van der Waals surface area contributed by atoms with Crippen molar-refractivity contribution in [3.8, 4) is 0 Å². The first-order valence-corrected chi connectivity index (χ1v) is 6.84. The molecule has 2 fully saturated rings. The molecule has 1 heterocycles. The Morgan fingerprint density at radius 2 is 2.00 bits per heavy atom. The molecule has 1 aliphatic heterocycles. The highest BCUT2D eigenvalue weighted by Gasteiger charge is 2.47. The fourth-order valence-corrected chi connectivity index (χ4v) is 2.78. The molecule has 0 aromatic heterocycles. The van der Waals surface area contributed by atoms with Gasteiger partial charge in [-0.05, 0) is 24.8 Å². The Balaban J connectivity index is 1.88. The molecule has 1 saturated heterocycles. The maximum Gasteiger partial charge on any atom is 0.233 e. The van der Waals surface area contributed by atoms with Gasteiger partial charge in [-0.15, -0.1) is 0 Å². The molecule has 19 heavy (non-hydrogen) atoms. The molecule has 2 aliphatic rings. The van der Waals surface area contributed by atoms with E-state index in [-0.39, 0.29) is 18.2 Å². The minimum Gasteiger partial charge on any atom is -0.355 e. The molecule has 2 N–H and O–H groups in total. The van der Waals surface area contributed by atoms with Crippen molar-refractivity contribution < 1.29 is 9.59 Å². The largest absolute Gasteiger partial charge is 0.355 e. The summed E-state index contributed by atoms with van der Waals surface area (Å²) >= 11 is 0. The molecule has 1 aromatic rings. The number of carbonyl (C=O) groups is 2. The third-order valence-corrected chi connectivity index (χ3v) is 4.25. The highest BCUT2D eigenvalue weighted by atomic mass is 16.2. The third kappa shape index (κ3) is 2.11. The molecular formula is C15H18N2O2. The molecule has 3 rings (SSSR count). The summed E-state index contributed by atoms with van der Waals surface area (Å²) in [5.41, 5.74) is 0.193. The topological polar surface area (TPSA) is 58.2 Å². The van der Waals surface area contributed by atoms with Crippen LogP contribution in [0.3, 0.4) is 0 Å². The van der Waals surface area contributed by atoms with Crippen molar-refractivity contribution in [2.75, 3.05) is 6.54 Å². The van der Waals surface area contributed by atoms with E-state index in [2.05, 4.69) is 10.6 Å². The summed E-state index contributed by atoms with van der Waals surface area (Å²) in [5, 5.41) is 5.89. The number of rotatable bonds is 3. The lowest BCUT2D eigenvalue weighted by Crippen LogP contribution is -2.51. The Kier molecular flexibility index (Phi) is 3.01. The van der Waals surface area contributed by atoms with Gasteiger partial charge in [-0.2, -0.15) is 0 Å². The molecule has 0 spiro atoms. The van der Waals surface area contributed by atoms with Gasteiger partial charge in [0.25, 0.3) is 0 Å². The number of nitrogens with one attached hydrogen (secondary N) is 2. The van der Waals surface area contributed by atoms with Crippen LogP contribution in [0.25, 0.3) is 0 Å². The van der Waals surface area contributed by atoms with Gasteiger partial charge in [-0.3, -0.25) is 9.59 Å². The molecule has 0 unspecified atom stereocenters. The van der Waals surface area contributed by atoms with E-state index in [0.29, 0.717) is 12.6 Å². The van der Waals surface area contributed by atoms with Crippen LogP contribution in [0, 0.1) is 0 Å². The van der Waals surface area contributed by atoms with Crippen molar-refractivity contribution >= 4 is 11.8 Å². The summed E-state index contributed by atoms with van der Waals surface area (Å²) in [5.74, 6) is -0.0608. The van der Waals surface area contributed by atoms with Gasteiger partial charge in [0.2, 0.25) is 11.8 Å². The zero-order valence-electron chi connectivity index (χ0n) is 10.8. The van der Waals surface area contributed by atoms with Crippen molar-refractivity contribution in [3.63, 3.8) is 0 Å². The first-order chi connectivity index (χ1) is 9.21. The minimum atomic E-state index is -0.728. The highest BCUT2D eigenvalue weighted by Crippen LogP contribution is 2.32. The molecule has 100 valence electrons. The Labute approximate surface area is 112 Å². The average Bonchev–Trinajstić information content (AvgIpc) is 2.78. The number of benzene rings is 1. The third-order valence-electron chi connectivity index (χ3n) is 4.25. The number of carbonyl (C=O) groups excluding carboxylic acids is 2. The van der Waals surface area contributed by atoms with E-state index in [9.17, 15) is 9.59 Å². The van der Waals surface area contributed by atoms with Gasteiger partial charge in [0, 0.05) is 19.0 Å². The summed E-state index contributed by atoms with van der Waals surface area (Å²) < 4.78 is 0. The van der Waals surface area contributed by atoms with Gasteiger partial charge in [-0.25, -0.2) is 0 Å². The number of hydrogen-bond acceptors (Lipinski definition) is 2. The van der Waals surface area contributed by atoms with E-state index in [1.54, 1.807) is 0 Å². The van der Waals surface area contributed by atoms with E-state index < -0.39 is 5.41 Å². The van der Waals surface area contributed by atoms with E-state index in [4.69, 9.17) is 0 Å². The standard InChI is InChI=1S/C15H18N2O2/c18-13-9-15(10-16-13,11-5-2-1-3-6-11)14(19)17-12-7-4-8-12/h1-3,5-6,12H,4,7-10H2,(H,16,18)(H,17,19)/t15-/m0/s1. The molecule has 0 bridgehead atoms. The quantitative estimate of drug-likeness (QED) is 0.853. The maximum atomic E-state index is 12.6. The van der Waals surface area contributed by atoms with Crippen LogP contribution in [0.5, 0.6) is 0 Å². The van der Waals surface area contributed by atoms with Crippen molar-refractivity contribution in [1.29, 1.82) is 0 Å². The molecular weight excluding hydrogens is 240 g/mol. The Morgan fingerprint density at radius 1 is 1.26 bits per heavy atom. The minimum absolute atomic E-state index is 0.0123. The van der Waals surface area contributed by atoms with Crippen molar-refractivity contribution in [1.82, 2.24) is 10.6 Å². The SMILES string of the molecule is O=C1C[C@@](C(=O)NC2CCC2)(c2ccccc2)CN1. The second-order valence-electron chi connectivity index (χ2n) is 5.50. The van der Waals surface area contributed by atoms with Crippen LogP contribution in [-0.2, 0) is 15.0 Å². The Morgan fingerprint density at radius 3 is 2.53 bits per heavy atom. The fourth-order valence-electron chi connectivity index (χ4n) is 2.78. The Bertz CT molecular complexity index is 496. The summed E-state index contributed by atoms with van der Waals surface area (Å²) in [7, 11) is 0. The van der Waals surface area contributed by atoms with E-state index >= 15 is 0 Å². The smallest absolute Gasteiger partial charge is 0.233 e.